The molecule has 4 heteroatoms. The van der Waals surface area contributed by atoms with E-state index in [0.29, 0.717) is 24.3 Å². The van der Waals surface area contributed by atoms with Crippen molar-refractivity contribution in [3.8, 4) is 5.75 Å². The molecule has 0 atom stereocenters. The minimum Gasteiger partial charge on any atom is -0.482 e. The molecule has 104 valence electrons. The van der Waals surface area contributed by atoms with Crippen LogP contribution >= 0.6 is 0 Å². The molecule has 1 aromatic rings. The number of esters is 1. The molecule has 19 heavy (non-hydrogen) atoms. The summed E-state index contributed by atoms with van der Waals surface area (Å²) in [6.07, 6.45) is 0.476. The second-order valence-corrected chi connectivity index (χ2v) is 4.23. The van der Waals surface area contributed by atoms with E-state index in [-0.39, 0.29) is 12.4 Å². The predicted molar refractivity (Wildman–Crippen MR) is 72.7 cm³/mol. The highest BCUT2D eigenvalue weighted by Crippen LogP contribution is 2.25. The van der Waals surface area contributed by atoms with E-state index in [0.717, 1.165) is 11.1 Å². The monoisotopic (exact) mass is 264 g/mol. The largest absolute Gasteiger partial charge is 0.482 e. The van der Waals surface area contributed by atoms with Crippen molar-refractivity contribution in [3.63, 3.8) is 0 Å². The number of carbonyl (C=O) groups is 2. The first-order valence-corrected chi connectivity index (χ1v) is 6.43. The van der Waals surface area contributed by atoms with Gasteiger partial charge >= 0.3 is 5.97 Å². The molecule has 0 heterocycles. The molecular formula is C15H20O4. The smallest absolute Gasteiger partial charge is 0.344 e. The van der Waals surface area contributed by atoms with Crippen molar-refractivity contribution in [1.29, 1.82) is 0 Å². The van der Waals surface area contributed by atoms with Crippen molar-refractivity contribution in [2.45, 2.75) is 34.1 Å². The number of ether oxygens (including phenoxy) is 2. The van der Waals surface area contributed by atoms with Gasteiger partial charge in [0.15, 0.2) is 12.4 Å². The average molecular weight is 264 g/mol. The summed E-state index contributed by atoms with van der Waals surface area (Å²) < 4.78 is 10.2. The fourth-order valence-corrected chi connectivity index (χ4v) is 1.78. The molecule has 0 saturated heterocycles. The first-order valence-electron chi connectivity index (χ1n) is 6.43. The molecule has 0 spiro atoms. The van der Waals surface area contributed by atoms with Gasteiger partial charge in [-0.15, -0.1) is 0 Å². The highest BCUT2D eigenvalue weighted by molar-refractivity contribution is 5.97. The van der Waals surface area contributed by atoms with Crippen LogP contribution in [-0.4, -0.2) is 25.0 Å². The molecule has 0 bridgehead atoms. The molecule has 0 radical (unpaired) electrons. The first-order chi connectivity index (χ1) is 9.01. The minimum absolute atomic E-state index is 0.109. The highest BCUT2D eigenvalue weighted by Gasteiger charge is 2.13. The van der Waals surface area contributed by atoms with Crippen molar-refractivity contribution >= 4 is 11.8 Å². The summed E-state index contributed by atoms with van der Waals surface area (Å²) in [5.74, 6) is 0.323. The number of Topliss-reactive ketones (excluding diaryl/α,β-unsaturated/α-hetero) is 1. The topological polar surface area (TPSA) is 52.6 Å². The van der Waals surface area contributed by atoms with Crippen molar-refractivity contribution in [3.05, 3.63) is 28.8 Å². The summed E-state index contributed by atoms with van der Waals surface area (Å²) in [5.41, 5.74) is 2.49. The van der Waals surface area contributed by atoms with Crippen molar-refractivity contribution in [2.75, 3.05) is 13.2 Å². The van der Waals surface area contributed by atoms with Gasteiger partial charge in [0.1, 0.15) is 5.75 Å². The van der Waals surface area contributed by atoms with Crippen LogP contribution in [0, 0.1) is 13.8 Å². The lowest BCUT2D eigenvalue weighted by Crippen LogP contribution is -2.15. The Morgan fingerprint density at radius 3 is 2.37 bits per heavy atom. The minimum atomic E-state index is -0.395. The van der Waals surface area contributed by atoms with Crippen LogP contribution in [0.25, 0.3) is 0 Å². The van der Waals surface area contributed by atoms with Crippen LogP contribution in [0.2, 0.25) is 0 Å². The maximum atomic E-state index is 11.7. The van der Waals surface area contributed by atoms with Crippen LogP contribution < -0.4 is 4.74 Å². The Kier molecular flexibility index (Phi) is 5.55. The second kappa shape index (κ2) is 6.92. The van der Waals surface area contributed by atoms with Crippen LogP contribution in [0.3, 0.4) is 0 Å². The average Bonchev–Trinajstić information content (AvgIpc) is 2.40. The maximum absolute atomic E-state index is 11.7. The normalized spacial score (nSPS) is 10.1. The van der Waals surface area contributed by atoms with Crippen molar-refractivity contribution in [2.24, 2.45) is 0 Å². The quantitative estimate of drug-likeness (QED) is 0.585. The number of ketones is 1. The molecule has 0 saturated carbocycles. The van der Waals surface area contributed by atoms with Gasteiger partial charge in [0.05, 0.1) is 6.61 Å². The molecule has 0 amide bonds. The molecule has 1 rings (SSSR count). The summed E-state index contributed by atoms with van der Waals surface area (Å²) in [6.45, 7) is 7.57. The van der Waals surface area contributed by atoms with Gasteiger partial charge < -0.3 is 9.47 Å². The SMILES string of the molecule is CCOC(=O)COc1ccc(C(=O)CC)c(C)c1C. The number of hydrogen-bond acceptors (Lipinski definition) is 4. The van der Waals surface area contributed by atoms with Crippen LogP contribution in [0.15, 0.2) is 12.1 Å². The summed E-state index contributed by atoms with van der Waals surface area (Å²) in [7, 11) is 0. The van der Waals surface area contributed by atoms with E-state index in [2.05, 4.69) is 0 Å². The number of carbonyl (C=O) groups excluding carboxylic acids is 2. The van der Waals surface area contributed by atoms with E-state index in [1.165, 1.54) is 0 Å². The third-order valence-corrected chi connectivity index (χ3v) is 3.01. The van der Waals surface area contributed by atoms with E-state index >= 15 is 0 Å². The Morgan fingerprint density at radius 2 is 1.79 bits per heavy atom. The molecule has 0 fully saturated rings. The van der Waals surface area contributed by atoms with Gasteiger partial charge in [0.2, 0.25) is 0 Å². The zero-order chi connectivity index (χ0) is 14.4. The molecule has 0 aliphatic carbocycles. The lowest BCUT2D eigenvalue weighted by atomic mass is 9.98. The zero-order valence-corrected chi connectivity index (χ0v) is 11.9. The molecule has 0 aliphatic rings. The van der Waals surface area contributed by atoms with E-state index in [9.17, 15) is 9.59 Å². The van der Waals surface area contributed by atoms with E-state index in [1.807, 2.05) is 20.8 Å². The summed E-state index contributed by atoms with van der Waals surface area (Å²) >= 11 is 0. The van der Waals surface area contributed by atoms with Gasteiger partial charge in [0, 0.05) is 12.0 Å². The lowest BCUT2D eigenvalue weighted by Gasteiger charge is -2.13. The summed E-state index contributed by atoms with van der Waals surface area (Å²) in [5, 5.41) is 0. The Hall–Kier alpha value is -1.84. The molecular weight excluding hydrogens is 244 g/mol. The van der Waals surface area contributed by atoms with Crippen LogP contribution in [0.5, 0.6) is 5.75 Å². The number of hydrogen-bond donors (Lipinski definition) is 0. The van der Waals surface area contributed by atoms with Crippen LogP contribution in [0.1, 0.15) is 41.8 Å². The zero-order valence-electron chi connectivity index (χ0n) is 11.9. The summed E-state index contributed by atoms with van der Waals surface area (Å²) in [4.78, 5) is 23.0. The van der Waals surface area contributed by atoms with E-state index in [1.54, 1.807) is 19.1 Å². The number of benzene rings is 1. The van der Waals surface area contributed by atoms with Gasteiger partial charge in [0.25, 0.3) is 0 Å². The summed E-state index contributed by atoms with van der Waals surface area (Å²) in [6, 6.07) is 3.47. The highest BCUT2D eigenvalue weighted by atomic mass is 16.6. The Bertz CT molecular complexity index is 477. The Balaban J connectivity index is 2.85. The second-order valence-electron chi connectivity index (χ2n) is 4.23. The Morgan fingerprint density at radius 1 is 1.11 bits per heavy atom. The van der Waals surface area contributed by atoms with Crippen LogP contribution in [0.4, 0.5) is 0 Å². The molecule has 0 aromatic heterocycles. The van der Waals surface area contributed by atoms with Gasteiger partial charge in [-0.2, -0.15) is 0 Å². The third kappa shape index (κ3) is 3.81. The van der Waals surface area contributed by atoms with Gasteiger partial charge in [-0.1, -0.05) is 6.92 Å². The molecule has 0 N–H and O–H groups in total. The molecule has 1 aromatic carbocycles. The fourth-order valence-electron chi connectivity index (χ4n) is 1.78. The van der Waals surface area contributed by atoms with Gasteiger partial charge in [-0.25, -0.2) is 4.79 Å². The van der Waals surface area contributed by atoms with E-state index < -0.39 is 5.97 Å². The third-order valence-electron chi connectivity index (χ3n) is 3.01. The van der Waals surface area contributed by atoms with Gasteiger partial charge in [-0.3, -0.25) is 4.79 Å². The fraction of sp³-hybridized carbons (Fsp3) is 0.467. The molecule has 0 unspecified atom stereocenters. The lowest BCUT2D eigenvalue weighted by molar-refractivity contribution is -0.145. The molecule has 0 aliphatic heterocycles. The molecule has 4 nitrogen and oxygen atoms in total. The van der Waals surface area contributed by atoms with Crippen LogP contribution in [-0.2, 0) is 9.53 Å². The standard InChI is InChI=1S/C15H20O4/c1-5-13(16)12-7-8-14(11(4)10(12)3)19-9-15(17)18-6-2/h7-8H,5-6,9H2,1-4H3. The number of rotatable bonds is 6. The maximum Gasteiger partial charge on any atom is 0.344 e. The van der Waals surface area contributed by atoms with Gasteiger partial charge in [-0.05, 0) is 44.0 Å². The Labute approximate surface area is 113 Å². The first kappa shape index (κ1) is 15.2. The van der Waals surface area contributed by atoms with Crippen molar-refractivity contribution < 1.29 is 19.1 Å². The predicted octanol–water partition coefficient (Wildman–Crippen LogP) is 2.84. The van der Waals surface area contributed by atoms with Crippen molar-refractivity contribution in [1.82, 2.24) is 0 Å². The van der Waals surface area contributed by atoms with E-state index in [4.69, 9.17) is 9.47 Å².